The molecule has 0 spiro atoms. The van der Waals surface area contributed by atoms with E-state index in [-0.39, 0.29) is 5.91 Å². The van der Waals surface area contributed by atoms with Crippen LogP contribution in [0.3, 0.4) is 0 Å². The second kappa shape index (κ2) is 5.35. The normalized spacial score (nSPS) is 16.1. The third-order valence-electron chi connectivity index (χ3n) is 2.22. The molecule has 0 radical (unpaired) electrons. The summed E-state index contributed by atoms with van der Waals surface area (Å²) in [6.45, 7) is 4.23. The SMILES string of the molecule is CC=C(CC)C(=O)NCC1=NNNN1C. The summed E-state index contributed by atoms with van der Waals surface area (Å²) < 4.78 is 0. The molecule has 1 amide bonds. The van der Waals surface area contributed by atoms with E-state index in [9.17, 15) is 4.79 Å². The van der Waals surface area contributed by atoms with E-state index in [1.165, 1.54) is 0 Å². The minimum Gasteiger partial charge on any atom is -0.345 e. The van der Waals surface area contributed by atoms with Gasteiger partial charge in [-0.1, -0.05) is 13.0 Å². The molecule has 0 bridgehead atoms. The molecule has 0 saturated heterocycles. The van der Waals surface area contributed by atoms with Gasteiger partial charge in [0.25, 0.3) is 0 Å². The van der Waals surface area contributed by atoms with Crippen molar-refractivity contribution in [2.24, 2.45) is 5.10 Å². The van der Waals surface area contributed by atoms with Crippen LogP contribution in [0.5, 0.6) is 0 Å². The van der Waals surface area contributed by atoms with E-state index in [1.807, 2.05) is 27.0 Å². The Labute approximate surface area is 89.3 Å². The maximum absolute atomic E-state index is 11.6. The van der Waals surface area contributed by atoms with E-state index in [4.69, 9.17) is 0 Å². The van der Waals surface area contributed by atoms with Gasteiger partial charge in [0.1, 0.15) is 0 Å². The van der Waals surface area contributed by atoms with Crippen molar-refractivity contribution >= 4 is 11.7 Å². The molecule has 0 aromatic heterocycles. The highest BCUT2D eigenvalue weighted by Crippen LogP contribution is 1.99. The molecule has 6 heteroatoms. The summed E-state index contributed by atoms with van der Waals surface area (Å²) in [5.74, 6) is 0.706. The van der Waals surface area contributed by atoms with Crippen molar-refractivity contribution < 1.29 is 4.79 Å². The predicted octanol–water partition coefficient (Wildman–Crippen LogP) is -0.273. The fourth-order valence-corrected chi connectivity index (χ4v) is 1.23. The summed E-state index contributed by atoms with van der Waals surface area (Å²) in [4.78, 5) is 11.6. The van der Waals surface area contributed by atoms with Crippen molar-refractivity contribution in [1.82, 2.24) is 21.4 Å². The molecule has 0 fully saturated rings. The predicted molar refractivity (Wildman–Crippen MR) is 58.5 cm³/mol. The van der Waals surface area contributed by atoms with E-state index in [1.54, 1.807) is 5.01 Å². The molecule has 0 saturated carbocycles. The maximum Gasteiger partial charge on any atom is 0.247 e. The molecule has 1 rings (SSSR count). The lowest BCUT2D eigenvalue weighted by molar-refractivity contribution is -0.117. The Balaban J connectivity index is 2.40. The van der Waals surface area contributed by atoms with Gasteiger partial charge in [0.05, 0.1) is 6.54 Å². The lowest BCUT2D eigenvalue weighted by Crippen LogP contribution is -2.42. The molecular formula is C9H17N5O. The highest BCUT2D eigenvalue weighted by Gasteiger charge is 2.13. The average Bonchev–Trinajstić information content (AvgIpc) is 2.63. The Kier molecular flexibility index (Phi) is 4.11. The first-order valence-electron chi connectivity index (χ1n) is 4.93. The fourth-order valence-electron chi connectivity index (χ4n) is 1.23. The van der Waals surface area contributed by atoms with Crippen molar-refractivity contribution in [2.75, 3.05) is 13.6 Å². The number of amidine groups is 1. The number of nitrogens with one attached hydrogen (secondary N) is 3. The number of carbonyl (C=O) groups is 1. The van der Waals surface area contributed by atoms with Gasteiger partial charge in [0.2, 0.25) is 5.91 Å². The zero-order valence-corrected chi connectivity index (χ0v) is 9.29. The number of hydrogen-bond donors (Lipinski definition) is 3. The van der Waals surface area contributed by atoms with Gasteiger partial charge < -0.3 is 5.32 Å². The summed E-state index contributed by atoms with van der Waals surface area (Å²) in [5, 5.41) is 8.45. The Bertz CT molecular complexity index is 297. The van der Waals surface area contributed by atoms with Crippen molar-refractivity contribution in [2.45, 2.75) is 20.3 Å². The molecule has 0 atom stereocenters. The molecule has 0 aromatic rings. The van der Waals surface area contributed by atoms with Crippen molar-refractivity contribution in [3.63, 3.8) is 0 Å². The first-order chi connectivity index (χ1) is 7.19. The standard InChI is InChI=1S/C9H17N5O/c1-4-7(5-2)9(15)10-6-8-11-12-13-14(8)3/h4,12-13H,5-6H2,1-3H3,(H,10,15). The molecular weight excluding hydrogens is 194 g/mol. The quantitative estimate of drug-likeness (QED) is 0.560. The van der Waals surface area contributed by atoms with Gasteiger partial charge in [-0.15, -0.1) is 10.6 Å². The van der Waals surface area contributed by atoms with E-state index in [0.717, 1.165) is 17.8 Å². The highest BCUT2D eigenvalue weighted by molar-refractivity contribution is 5.96. The summed E-state index contributed by atoms with van der Waals surface area (Å²) in [6, 6.07) is 0. The van der Waals surface area contributed by atoms with E-state index >= 15 is 0 Å². The van der Waals surface area contributed by atoms with Gasteiger partial charge in [0, 0.05) is 12.6 Å². The maximum atomic E-state index is 11.6. The van der Waals surface area contributed by atoms with Gasteiger partial charge in [0.15, 0.2) is 5.84 Å². The molecule has 3 N–H and O–H groups in total. The Morgan fingerprint density at radius 2 is 2.40 bits per heavy atom. The van der Waals surface area contributed by atoms with Crippen LogP contribution in [0, 0.1) is 0 Å². The lowest BCUT2D eigenvalue weighted by atomic mass is 10.2. The third kappa shape index (κ3) is 2.95. The third-order valence-corrected chi connectivity index (χ3v) is 2.22. The summed E-state index contributed by atoms with van der Waals surface area (Å²) in [7, 11) is 1.82. The Morgan fingerprint density at radius 3 is 2.87 bits per heavy atom. The molecule has 15 heavy (non-hydrogen) atoms. The van der Waals surface area contributed by atoms with Gasteiger partial charge in [-0.05, 0) is 13.3 Å². The number of carbonyl (C=O) groups excluding carboxylic acids is 1. The molecule has 0 aliphatic carbocycles. The van der Waals surface area contributed by atoms with Crippen molar-refractivity contribution in [3.8, 4) is 0 Å². The minimum atomic E-state index is -0.0389. The largest absolute Gasteiger partial charge is 0.345 e. The number of likely N-dealkylation sites (N-methyl/N-ethyl adjacent to an activating group) is 1. The molecule has 1 aliphatic heterocycles. The second-order valence-electron chi connectivity index (χ2n) is 3.16. The molecule has 1 heterocycles. The number of hydrazone groups is 1. The zero-order valence-electron chi connectivity index (χ0n) is 9.29. The van der Waals surface area contributed by atoms with E-state index in [0.29, 0.717) is 6.54 Å². The number of nitrogens with zero attached hydrogens (tertiary/aromatic N) is 2. The van der Waals surface area contributed by atoms with Crippen LogP contribution in [0.2, 0.25) is 0 Å². The number of amides is 1. The zero-order chi connectivity index (χ0) is 11.3. The van der Waals surface area contributed by atoms with Gasteiger partial charge in [-0.2, -0.15) is 0 Å². The first kappa shape index (κ1) is 11.5. The fraction of sp³-hybridized carbons (Fsp3) is 0.556. The van der Waals surface area contributed by atoms with Gasteiger partial charge in [-0.3, -0.25) is 9.80 Å². The van der Waals surface area contributed by atoms with Gasteiger partial charge in [-0.25, -0.2) is 5.53 Å². The minimum absolute atomic E-state index is 0.0389. The number of allylic oxidation sites excluding steroid dienone is 1. The molecule has 0 aromatic carbocycles. The van der Waals surface area contributed by atoms with Crippen LogP contribution in [-0.4, -0.2) is 30.3 Å². The number of rotatable bonds is 4. The number of hydrogen-bond acceptors (Lipinski definition) is 5. The Morgan fingerprint density at radius 1 is 1.67 bits per heavy atom. The second-order valence-corrected chi connectivity index (χ2v) is 3.16. The van der Waals surface area contributed by atoms with Crippen molar-refractivity contribution in [1.29, 1.82) is 0 Å². The Hall–Kier alpha value is -1.56. The van der Waals surface area contributed by atoms with E-state index in [2.05, 4.69) is 21.5 Å². The van der Waals surface area contributed by atoms with E-state index < -0.39 is 0 Å². The van der Waals surface area contributed by atoms with Crippen LogP contribution < -0.4 is 16.4 Å². The van der Waals surface area contributed by atoms with Crippen LogP contribution in [-0.2, 0) is 4.79 Å². The smallest absolute Gasteiger partial charge is 0.247 e. The van der Waals surface area contributed by atoms with Crippen molar-refractivity contribution in [3.05, 3.63) is 11.6 Å². The lowest BCUT2D eigenvalue weighted by Gasteiger charge is -2.13. The average molecular weight is 211 g/mol. The van der Waals surface area contributed by atoms with Crippen LogP contribution in [0.15, 0.2) is 16.8 Å². The monoisotopic (exact) mass is 211 g/mol. The summed E-state index contributed by atoms with van der Waals surface area (Å²) in [5.41, 5.74) is 6.15. The van der Waals surface area contributed by atoms with Crippen LogP contribution in [0.25, 0.3) is 0 Å². The summed E-state index contributed by atoms with van der Waals surface area (Å²) in [6.07, 6.45) is 2.56. The molecule has 0 unspecified atom stereocenters. The molecule has 84 valence electrons. The molecule has 1 aliphatic rings. The van der Waals surface area contributed by atoms with Gasteiger partial charge >= 0.3 is 0 Å². The topological polar surface area (TPSA) is 68.8 Å². The van der Waals surface area contributed by atoms with Crippen LogP contribution >= 0.6 is 0 Å². The first-order valence-corrected chi connectivity index (χ1v) is 4.93. The number of hydrazine groups is 2. The summed E-state index contributed by atoms with van der Waals surface area (Å²) >= 11 is 0. The highest BCUT2D eigenvalue weighted by atomic mass is 16.1. The van der Waals surface area contributed by atoms with Crippen LogP contribution in [0.1, 0.15) is 20.3 Å². The van der Waals surface area contributed by atoms with Crippen LogP contribution in [0.4, 0.5) is 0 Å². The molecule has 6 nitrogen and oxygen atoms in total.